The van der Waals surface area contributed by atoms with Gasteiger partial charge in [0, 0.05) is 24.4 Å². The maximum absolute atomic E-state index is 9.59. The van der Waals surface area contributed by atoms with Gasteiger partial charge in [0.1, 0.15) is 12.4 Å². The van der Waals surface area contributed by atoms with Crippen LogP contribution in [0.25, 0.3) is 0 Å². The minimum Gasteiger partial charge on any atom is -0.201 e. The highest BCUT2D eigenvalue weighted by atomic mass is 16.5. The van der Waals surface area contributed by atoms with Crippen molar-refractivity contribution in [3.05, 3.63) is 36.4 Å². The fourth-order valence-corrected chi connectivity index (χ4v) is 1.01. The highest BCUT2D eigenvalue weighted by Crippen LogP contribution is 2.24. The molecule has 0 saturated heterocycles. The van der Waals surface area contributed by atoms with Crippen LogP contribution in [-0.4, -0.2) is 16.1 Å². The van der Waals surface area contributed by atoms with Crippen molar-refractivity contribution in [1.29, 1.82) is 0 Å². The largest absolute Gasteiger partial charge is 0.270 e. The fraction of sp³-hybridized carbons (Fsp3) is 0. The third kappa shape index (κ3) is 0.586. The number of hydroxylamine groups is 3. The molecule has 0 saturated carbocycles. The summed E-state index contributed by atoms with van der Waals surface area (Å²) in [7, 11) is 0. The Labute approximate surface area is 58.5 Å². The molecule has 2 aliphatic rings. The van der Waals surface area contributed by atoms with Crippen LogP contribution in [0.4, 0.5) is 0 Å². The first-order valence-electron chi connectivity index (χ1n) is 3.04. The molecule has 0 bridgehead atoms. The second-order valence-corrected chi connectivity index (χ2v) is 2.22. The Kier molecular flexibility index (Phi) is 0.922. The first-order chi connectivity index (χ1) is 4.81. The van der Waals surface area contributed by atoms with Crippen LogP contribution >= 0.6 is 0 Å². The maximum atomic E-state index is 9.59. The molecule has 10 heavy (non-hydrogen) atoms. The standard InChI is InChI=1S/C7H7N2O/c10-9-5-1-3-7(9)8-4-2-6-9/h1-6,10H/q+1. The SMILES string of the molecule is O[N+]12C=CC=NC1=CC=C2. The zero-order valence-electron chi connectivity index (χ0n) is 5.31. The van der Waals surface area contributed by atoms with Crippen molar-refractivity contribution in [2.45, 2.75) is 0 Å². The number of hydrogen-bond donors (Lipinski definition) is 1. The van der Waals surface area contributed by atoms with E-state index in [1.54, 1.807) is 36.8 Å². The minimum absolute atomic E-state index is 0.281. The van der Waals surface area contributed by atoms with Gasteiger partial charge in [-0.25, -0.2) is 10.2 Å². The lowest BCUT2D eigenvalue weighted by molar-refractivity contribution is -0.989. The molecule has 2 rings (SSSR count). The number of fused-ring (bicyclic) bond motifs is 1. The van der Waals surface area contributed by atoms with Crippen LogP contribution in [0.1, 0.15) is 0 Å². The molecule has 0 aromatic rings. The van der Waals surface area contributed by atoms with Crippen LogP contribution < -0.4 is 0 Å². The zero-order valence-corrected chi connectivity index (χ0v) is 5.31. The van der Waals surface area contributed by atoms with E-state index < -0.39 is 0 Å². The van der Waals surface area contributed by atoms with Crippen molar-refractivity contribution in [2.75, 3.05) is 0 Å². The van der Waals surface area contributed by atoms with Gasteiger partial charge in [0.05, 0.1) is 0 Å². The number of hydrogen-bond acceptors (Lipinski definition) is 2. The first-order valence-corrected chi connectivity index (χ1v) is 3.04. The van der Waals surface area contributed by atoms with Gasteiger partial charge >= 0.3 is 0 Å². The van der Waals surface area contributed by atoms with Crippen LogP contribution in [0.2, 0.25) is 0 Å². The number of quaternary nitrogens is 1. The van der Waals surface area contributed by atoms with E-state index in [1.807, 2.05) is 0 Å². The van der Waals surface area contributed by atoms with Crippen molar-refractivity contribution in [1.82, 2.24) is 0 Å². The molecule has 0 radical (unpaired) electrons. The van der Waals surface area contributed by atoms with Gasteiger partial charge in [-0.1, -0.05) is 4.65 Å². The molecule has 0 aliphatic carbocycles. The van der Waals surface area contributed by atoms with Crippen molar-refractivity contribution in [3.63, 3.8) is 0 Å². The Morgan fingerprint density at radius 3 is 2.90 bits per heavy atom. The van der Waals surface area contributed by atoms with Crippen LogP contribution in [0.3, 0.4) is 0 Å². The molecular weight excluding hydrogens is 128 g/mol. The number of allylic oxidation sites excluding steroid dienone is 3. The Morgan fingerprint density at radius 1 is 1.30 bits per heavy atom. The number of aliphatic imine (C=N–C) groups is 1. The summed E-state index contributed by atoms with van der Waals surface area (Å²) < 4.78 is -0.281. The van der Waals surface area contributed by atoms with Crippen molar-refractivity contribution < 1.29 is 9.85 Å². The van der Waals surface area contributed by atoms with Crippen LogP contribution in [0, 0.1) is 0 Å². The van der Waals surface area contributed by atoms with Gasteiger partial charge < -0.3 is 0 Å². The van der Waals surface area contributed by atoms with E-state index in [2.05, 4.69) is 4.99 Å². The smallest absolute Gasteiger partial charge is 0.201 e. The molecule has 0 aromatic heterocycles. The molecule has 3 nitrogen and oxygen atoms in total. The Bertz CT molecular complexity index is 275. The van der Waals surface area contributed by atoms with E-state index in [1.165, 1.54) is 0 Å². The molecule has 2 heterocycles. The lowest BCUT2D eigenvalue weighted by atomic mass is 10.5. The summed E-state index contributed by atoms with van der Waals surface area (Å²) in [6.45, 7) is 0. The summed E-state index contributed by atoms with van der Waals surface area (Å²) in [6.07, 6.45) is 10.2. The molecule has 1 unspecified atom stereocenters. The topological polar surface area (TPSA) is 32.6 Å². The average molecular weight is 135 g/mol. The molecule has 1 N–H and O–H groups in total. The summed E-state index contributed by atoms with van der Waals surface area (Å²) in [5.41, 5.74) is 0. The minimum atomic E-state index is -0.281. The van der Waals surface area contributed by atoms with Gasteiger partial charge in [-0.15, -0.1) is 0 Å². The van der Waals surface area contributed by atoms with Crippen LogP contribution in [0.5, 0.6) is 0 Å². The van der Waals surface area contributed by atoms with Crippen molar-refractivity contribution in [2.24, 2.45) is 4.99 Å². The van der Waals surface area contributed by atoms with Gasteiger partial charge in [-0.2, -0.15) is 0 Å². The highest BCUT2D eigenvalue weighted by Gasteiger charge is 2.30. The normalized spacial score (nSPS) is 34.3. The maximum Gasteiger partial charge on any atom is 0.270 e. The summed E-state index contributed by atoms with van der Waals surface area (Å²) in [6, 6.07) is 0. The van der Waals surface area contributed by atoms with Gasteiger partial charge in [0.15, 0.2) is 0 Å². The van der Waals surface area contributed by atoms with Gasteiger partial charge in [0.2, 0.25) is 0 Å². The molecule has 1 atom stereocenters. The molecule has 0 amide bonds. The zero-order chi connectivity index (χ0) is 7.03. The van der Waals surface area contributed by atoms with Crippen molar-refractivity contribution in [3.8, 4) is 0 Å². The Hall–Kier alpha value is -1.19. The van der Waals surface area contributed by atoms with Gasteiger partial charge in [-0.05, 0) is 0 Å². The predicted molar refractivity (Wildman–Crippen MR) is 36.9 cm³/mol. The van der Waals surface area contributed by atoms with E-state index >= 15 is 0 Å². The van der Waals surface area contributed by atoms with E-state index in [0.717, 1.165) is 0 Å². The molecule has 50 valence electrons. The Morgan fingerprint density at radius 2 is 2.10 bits per heavy atom. The molecule has 0 spiro atoms. The second-order valence-electron chi connectivity index (χ2n) is 2.22. The predicted octanol–water partition coefficient (Wildman–Crippen LogP) is 1.16. The molecule has 2 aliphatic heterocycles. The summed E-state index contributed by atoms with van der Waals surface area (Å²) >= 11 is 0. The lowest BCUT2D eigenvalue weighted by Gasteiger charge is -2.18. The van der Waals surface area contributed by atoms with E-state index in [4.69, 9.17) is 0 Å². The second kappa shape index (κ2) is 1.65. The van der Waals surface area contributed by atoms with Gasteiger partial charge in [0.25, 0.3) is 5.82 Å². The fourth-order valence-electron chi connectivity index (χ4n) is 1.01. The lowest BCUT2D eigenvalue weighted by Crippen LogP contribution is -2.30. The van der Waals surface area contributed by atoms with E-state index in [-0.39, 0.29) is 4.65 Å². The number of nitrogens with zero attached hydrogens (tertiary/aromatic N) is 2. The van der Waals surface area contributed by atoms with Crippen LogP contribution in [-0.2, 0) is 0 Å². The molecule has 0 aromatic carbocycles. The highest BCUT2D eigenvalue weighted by molar-refractivity contribution is 5.72. The third-order valence-electron chi connectivity index (χ3n) is 1.53. The summed E-state index contributed by atoms with van der Waals surface area (Å²) in [4.78, 5) is 3.97. The van der Waals surface area contributed by atoms with E-state index in [9.17, 15) is 5.21 Å². The summed E-state index contributed by atoms with van der Waals surface area (Å²) in [5, 5.41) is 9.59. The third-order valence-corrected chi connectivity index (χ3v) is 1.53. The Balaban J connectivity index is 2.51. The molecular formula is C7H7N2O+. The van der Waals surface area contributed by atoms with Gasteiger partial charge in [-0.3, -0.25) is 0 Å². The summed E-state index contributed by atoms with van der Waals surface area (Å²) in [5.74, 6) is 0.641. The first kappa shape index (κ1) is 5.58. The quantitative estimate of drug-likeness (QED) is 0.497. The molecule has 3 heteroatoms. The monoisotopic (exact) mass is 135 g/mol. The molecule has 0 fully saturated rings. The van der Waals surface area contributed by atoms with Crippen LogP contribution in [0.15, 0.2) is 41.4 Å². The average Bonchev–Trinajstić information content (AvgIpc) is 2.29. The van der Waals surface area contributed by atoms with E-state index in [0.29, 0.717) is 5.82 Å². The van der Waals surface area contributed by atoms with Crippen molar-refractivity contribution >= 4 is 6.21 Å². The number of rotatable bonds is 0.